The Morgan fingerprint density at radius 1 is 1.11 bits per heavy atom. The molecule has 2 N–H and O–H groups in total. The van der Waals surface area contributed by atoms with Gasteiger partial charge in [-0.2, -0.15) is 9.40 Å². The number of H-pyrrole nitrogens is 1. The number of hydrogen-bond donors (Lipinski definition) is 2. The average molecular weight is 531 g/mol. The Hall–Kier alpha value is -2.66. The first kappa shape index (κ1) is 26.0. The van der Waals surface area contributed by atoms with E-state index in [1.54, 1.807) is 18.3 Å². The topological polar surface area (TPSA) is 87.3 Å². The number of benzene rings is 2. The normalized spacial score (nSPS) is 23.6. The fraction of sp³-hybridized carbons (Fsp3) is 0.444. The molecular formula is C27H32F2N4O3S. The van der Waals surface area contributed by atoms with Crippen LogP contribution in [0.1, 0.15) is 60.2 Å². The van der Waals surface area contributed by atoms with E-state index >= 15 is 8.78 Å². The number of rotatable bonds is 7. The van der Waals surface area contributed by atoms with Crippen molar-refractivity contribution in [2.24, 2.45) is 0 Å². The monoisotopic (exact) mass is 530 g/mol. The van der Waals surface area contributed by atoms with Gasteiger partial charge in [-0.3, -0.25) is 5.10 Å². The van der Waals surface area contributed by atoms with Crippen molar-refractivity contribution in [2.75, 3.05) is 13.2 Å². The zero-order chi connectivity index (χ0) is 26.0. The fourth-order valence-electron chi connectivity index (χ4n) is 5.50. The van der Waals surface area contributed by atoms with Crippen LogP contribution in [0.2, 0.25) is 0 Å². The van der Waals surface area contributed by atoms with E-state index in [0.717, 1.165) is 11.8 Å². The number of halogens is 2. The van der Waals surface area contributed by atoms with E-state index in [2.05, 4.69) is 15.5 Å². The summed E-state index contributed by atoms with van der Waals surface area (Å²) in [6.45, 7) is 2.85. The summed E-state index contributed by atoms with van der Waals surface area (Å²) in [6, 6.07) is 13.0. The van der Waals surface area contributed by atoms with Crippen molar-refractivity contribution >= 4 is 10.0 Å². The van der Waals surface area contributed by atoms with Crippen LogP contribution >= 0.6 is 0 Å². The van der Waals surface area contributed by atoms with Crippen LogP contribution in [0.3, 0.4) is 0 Å². The summed E-state index contributed by atoms with van der Waals surface area (Å²) in [4.78, 5) is 0. The molecule has 0 bridgehead atoms. The molecule has 0 aliphatic carbocycles. The van der Waals surface area contributed by atoms with E-state index in [-0.39, 0.29) is 23.7 Å². The first-order valence-electron chi connectivity index (χ1n) is 12.7. The van der Waals surface area contributed by atoms with Gasteiger partial charge in [-0.25, -0.2) is 17.2 Å². The fourth-order valence-corrected chi connectivity index (χ4v) is 7.69. The van der Waals surface area contributed by atoms with Gasteiger partial charge in [0.05, 0.1) is 5.54 Å². The molecule has 198 valence electrons. The Labute approximate surface area is 216 Å². The van der Waals surface area contributed by atoms with Crippen molar-refractivity contribution in [3.05, 3.63) is 88.7 Å². The number of sulfonamides is 1. The molecule has 3 heterocycles. The maximum atomic E-state index is 15.7. The number of nitrogens with one attached hydrogen (secondary N) is 2. The van der Waals surface area contributed by atoms with Gasteiger partial charge in [0, 0.05) is 55.4 Å². The molecule has 10 heteroatoms. The summed E-state index contributed by atoms with van der Waals surface area (Å²) in [5, 5.41) is 9.53. The average Bonchev–Trinajstić information content (AvgIpc) is 3.42. The predicted molar refractivity (Wildman–Crippen MR) is 136 cm³/mol. The zero-order valence-electron chi connectivity index (χ0n) is 20.8. The van der Waals surface area contributed by atoms with E-state index in [9.17, 15) is 8.42 Å². The lowest BCUT2D eigenvalue weighted by Crippen LogP contribution is -2.47. The molecule has 0 spiro atoms. The maximum absolute atomic E-state index is 15.7. The molecule has 2 fully saturated rings. The molecule has 0 saturated carbocycles. The number of hydrogen-bond acceptors (Lipinski definition) is 5. The van der Waals surface area contributed by atoms with Crippen LogP contribution in [-0.2, 0) is 33.4 Å². The lowest BCUT2D eigenvalue weighted by molar-refractivity contribution is 0.0341. The van der Waals surface area contributed by atoms with E-state index < -0.39 is 32.4 Å². The van der Waals surface area contributed by atoms with Crippen molar-refractivity contribution in [2.45, 2.75) is 62.5 Å². The third-order valence-corrected chi connectivity index (χ3v) is 10.1. The quantitative estimate of drug-likeness (QED) is 0.469. The Kier molecular flexibility index (Phi) is 7.44. The molecule has 0 unspecified atom stereocenters. The molecule has 3 aromatic rings. The minimum Gasteiger partial charge on any atom is -0.381 e. The highest BCUT2D eigenvalue weighted by atomic mass is 32.2. The number of aromatic nitrogens is 2. The van der Waals surface area contributed by atoms with Crippen LogP contribution in [0, 0.1) is 11.6 Å². The van der Waals surface area contributed by atoms with Crippen LogP contribution in [0.4, 0.5) is 8.78 Å². The van der Waals surface area contributed by atoms with Gasteiger partial charge in [-0.1, -0.05) is 30.3 Å². The van der Waals surface area contributed by atoms with Gasteiger partial charge >= 0.3 is 0 Å². The molecule has 2 aliphatic rings. The summed E-state index contributed by atoms with van der Waals surface area (Å²) in [6.07, 6.45) is 3.73. The second-order valence-corrected chi connectivity index (χ2v) is 12.0. The summed E-state index contributed by atoms with van der Waals surface area (Å²) in [5.74, 6) is -1.17. The summed E-state index contributed by atoms with van der Waals surface area (Å²) in [7, 11) is -3.76. The van der Waals surface area contributed by atoms with Crippen molar-refractivity contribution < 1.29 is 21.9 Å². The molecule has 5 rings (SSSR count). The van der Waals surface area contributed by atoms with Crippen LogP contribution in [0.25, 0.3) is 0 Å². The highest BCUT2D eigenvalue weighted by molar-refractivity contribution is 7.89. The molecule has 2 aromatic carbocycles. The molecule has 37 heavy (non-hydrogen) atoms. The van der Waals surface area contributed by atoms with E-state index in [1.165, 1.54) is 10.4 Å². The molecule has 1 aromatic heterocycles. The predicted octanol–water partition coefficient (Wildman–Crippen LogP) is 4.54. The van der Waals surface area contributed by atoms with Gasteiger partial charge in [0.25, 0.3) is 0 Å². The third-order valence-electron chi connectivity index (χ3n) is 7.70. The first-order valence-corrected chi connectivity index (χ1v) is 14.2. The highest BCUT2D eigenvalue weighted by Crippen LogP contribution is 2.39. The van der Waals surface area contributed by atoms with Gasteiger partial charge in [0.2, 0.25) is 10.0 Å². The molecule has 2 aliphatic heterocycles. The largest absolute Gasteiger partial charge is 0.381 e. The van der Waals surface area contributed by atoms with Crippen molar-refractivity contribution in [1.29, 1.82) is 0 Å². The number of nitrogens with zero attached hydrogens (tertiary/aromatic N) is 2. The molecule has 7 nitrogen and oxygen atoms in total. The van der Waals surface area contributed by atoms with Crippen molar-refractivity contribution in [3.8, 4) is 0 Å². The smallest absolute Gasteiger partial charge is 0.221 e. The summed E-state index contributed by atoms with van der Waals surface area (Å²) in [5.41, 5.74) is 0.997. The highest BCUT2D eigenvalue weighted by Gasteiger charge is 2.41. The van der Waals surface area contributed by atoms with E-state index in [4.69, 9.17) is 4.74 Å². The Bertz CT molecular complexity index is 1310. The Morgan fingerprint density at radius 2 is 1.86 bits per heavy atom. The Balaban J connectivity index is 1.43. The zero-order valence-corrected chi connectivity index (χ0v) is 21.6. The standard InChI is InChI=1S/C27H32F2N4O3S/c1-19-7-8-26(20-5-3-2-4-6-20)37(34,35)33(19)18-21-15-25(29)23(16-24(21)28)27(10-13-36-14-11-27)30-17-22-9-12-31-32-22/h2-6,9,12,15-16,19,26,30H,7-8,10-11,13-14,17-18H2,1H3,(H,31,32)/t19-,26+/m0/s1. The molecule has 0 radical (unpaired) electrons. The van der Waals surface area contributed by atoms with Gasteiger partial charge in [-0.15, -0.1) is 0 Å². The molecule has 0 amide bonds. The summed E-state index contributed by atoms with van der Waals surface area (Å²) < 4.78 is 65.2. The summed E-state index contributed by atoms with van der Waals surface area (Å²) >= 11 is 0. The van der Waals surface area contributed by atoms with Crippen LogP contribution in [0.5, 0.6) is 0 Å². The molecule has 2 atom stereocenters. The maximum Gasteiger partial charge on any atom is 0.221 e. The van der Waals surface area contributed by atoms with Gasteiger partial charge in [0.1, 0.15) is 16.9 Å². The van der Waals surface area contributed by atoms with Crippen molar-refractivity contribution in [1.82, 2.24) is 19.8 Å². The van der Waals surface area contributed by atoms with E-state index in [1.807, 2.05) is 31.2 Å². The minimum atomic E-state index is -3.76. The van der Waals surface area contributed by atoms with E-state index in [0.29, 0.717) is 51.0 Å². The number of aromatic amines is 1. The lowest BCUT2D eigenvalue weighted by Gasteiger charge is -2.39. The van der Waals surface area contributed by atoms with Crippen molar-refractivity contribution in [3.63, 3.8) is 0 Å². The van der Waals surface area contributed by atoms with Gasteiger partial charge < -0.3 is 10.1 Å². The van der Waals surface area contributed by atoms with Crippen LogP contribution < -0.4 is 5.32 Å². The van der Waals surface area contributed by atoms with Gasteiger partial charge in [0.15, 0.2) is 0 Å². The minimum absolute atomic E-state index is 0.0289. The van der Waals surface area contributed by atoms with Crippen LogP contribution in [0.15, 0.2) is 54.7 Å². The second-order valence-electron chi connectivity index (χ2n) is 9.97. The van der Waals surface area contributed by atoms with Crippen LogP contribution in [-0.4, -0.2) is 42.2 Å². The Morgan fingerprint density at radius 3 is 2.57 bits per heavy atom. The number of ether oxygens (including phenoxy) is 1. The molecule has 2 saturated heterocycles. The second kappa shape index (κ2) is 10.6. The third kappa shape index (κ3) is 5.20. The lowest BCUT2D eigenvalue weighted by atomic mass is 9.81. The van der Waals surface area contributed by atoms with Gasteiger partial charge in [-0.05, 0) is 56.4 Å². The SMILES string of the molecule is C[C@H]1CC[C@H](c2ccccc2)S(=O)(=O)N1Cc1cc(F)c(C2(NCc3ccn[nH]3)CCOCC2)cc1F. The first-order chi connectivity index (χ1) is 17.8. The molecular weight excluding hydrogens is 498 g/mol.